The van der Waals surface area contributed by atoms with Gasteiger partial charge in [0.1, 0.15) is 0 Å². The summed E-state index contributed by atoms with van der Waals surface area (Å²) in [6.45, 7) is 4.19. The Morgan fingerprint density at radius 2 is 1.93 bits per heavy atom. The molecule has 2 rings (SSSR count). The first kappa shape index (κ1) is 9.83. The molecule has 15 heavy (non-hydrogen) atoms. The van der Waals surface area contributed by atoms with E-state index in [0.29, 0.717) is 0 Å². The Kier molecular flexibility index (Phi) is 2.76. The highest BCUT2D eigenvalue weighted by molar-refractivity contribution is 5.33. The van der Waals surface area contributed by atoms with E-state index >= 15 is 0 Å². The Hall–Kier alpha value is -1.71. The predicted octanol–water partition coefficient (Wildman–Crippen LogP) is 1.92. The second-order valence-electron chi connectivity index (χ2n) is 3.59. The Morgan fingerprint density at radius 3 is 2.60 bits per heavy atom. The molecule has 4 heteroatoms. The normalized spacial score (nSPS) is 10.5. The molecule has 0 aliphatic rings. The van der Waals surface area contributed by atoms with E-state index in [9.17, 15) is 0 Å². The first-order valence-corrected chi connectivity index (χ1v) is 5.15. The van der Waals surface area contributed by atoms with Gasteiger partial charge in [0.25, 0.3) is 0 Å². The van der Waals surface area contributed by atoms with E-state index in [2.05, 4.69) is 41.5 Å². The fourth-order valence-electron chi connectivity index (χ4n) is 1.47. The van der Waals surface area contributed by atoms with Crippen molar-refractivity contribution in [2.45, 2.75) is 26.7 Å². The van der Waals surface area contributed by atoms with Crippen molar-refractivity contribution in [2.24, 2.45) is 0 Å². The average Bonchev–Trinajstić information content (AvgIpc) is 2.68. The monoisotopic (exact) mass is 202 g/mol. The van der Waals surface area contributed by atoms with Gasteiger partial charge < -0.3 is 0 Å². The molecule has 78 valence electrons. The molecule has 0 spiro atoms. The van der Waals surface area contributed by atoms with Gasteiger partial charge in [-0.15, -0.1) is 5.10 Å². The lowest BCUT2D eigenvalue weighted by Crippen LogP contribution is -2.02. The number of hydrogen-bond donors (Lipinski definition) is 0. The summed E-state index contributed by atoms with van der Waals surface area (Å²) in [6.07, 6.45) is 1.95. The van der Waals surface area contributed by atoms with Crippen LogP contribution in [0.25, 0.3) is 5.69 Å². The second-order valence-corrected chi connectivity index (χ2v) is 3.59. The van der Waals surface area contributed by atoms with Crippen molar-refractivity contribution in [3.63, 3.8) is 0 Å². The van der Waals surface area contributed by atoms with Crippen LogP contribution >= 0.6 is 0 Å². The summed E-state index contributed by atoms with van der Waals surface area (Å²) < 4.78 is 1.79. The molecule has 4 nitrogen and oxygen atoms in total. The average molecular weight is 202 g/mol. The second kappa shape index (κ2) is 4.21. The number of nitrogens with zero attached hydrogens (tertiary/aromatic N) is 4. The van der Waals surface area contributed by atoms with E-state index in [1.165, 1.54) is 5.56 Å². The molecule has 0 N–H and O–H groups in total. The smallest absolute Gasteiger partial charge is 0.156 e. The van der Waals surface area contributed by atoms with E-state index in [0.717, 1.165) is 24.4 Å². The molecule has 0 atom stereocenters. The summed E-state index contributed by atoms with van der Waals surface area (Å²) in [5.41, 5.74) is 2.26. The topological polar surface area (TPSA) is 43.6 Å². The van der Waals surface area contributed by atoms with E-state index in [1.807, 2.05) is 12.1 Å². The lowest BCUT2D eigenvalue weighted by molar-refractivity contribution is 0.745. The summed E-state index contributed by atoms with van der Waals surface area (Å²) in [5.74, 6) is 0.918. The van der Waals surface area contributed by atoms with Crippen molar-refractivity contribution in [1.82, 2.24) is 20.2 Å². The Balaban J connectivity index is 2.36. The lowest BCUT2D eigenvalue weighted by Gasteiger charge is -2.03. The summed E-state index contributed by atoms with van der Waals surface area (Å²) >= 11 is 0. The number of benzene rings is 1. The highest BCUT2D eigenvalue weighted by atomic mass is 15.5. The van der Waals surface area contributed by atoms with Crippen LogP contribution in [0.3, 0.4) is 0 Å². The molecular weight excluding hydrogens is 188 g/mol. The largest absolute Gasteiger partial charge is 0.197 e. The number of aryl methyl sites for hydroxylation is 2. The third-order valence-corrected chi connectivity index (χ3v) is 2.29. The molecule has 0 saturated carbocycles. The molecule has 2 aromatic rings. The minimum atomic E-state index is 0.904. The van der Waals surface area contributed by atoms with Gasteiger partial charge in [0, 0.05) is 6.42 Å². The maximum absolute atomic E-state index is 4.01. The highest BCUT2D eigenvalue weighted by Crippen LogP contribution is 2.10. The SMILES string of the molecule is CCCc1nnnn1-c1ccc(C)cc1. The Labute approximate surface area is 88.9 Å². The maximum atomic E-state index is 4.01. The molecule has 0 aliphatic heterocycles. The van der Waals surface area contributed by atoms with Crippen LogP contribution in [0.2, 0.25) is 0 Å². The van der Waals surface area contributed by atoms with Crippen molar-refractivity contribution in [2.75, 3.05) is 0 Å². The van der Waals surface area contributed by atoms with Gasteiger partial charge >= 0.3 is 0 Å². The molecule has 1 aromatic carbocycles. The lowest BCUT2D eigenvalue weighted by atomic mass is 10.2. The summed E-state index contributed by atoms with van der Waals surface area (Å²) in [5, 5.41) is 11.7. The van der Waals surface area contributed by atoms with Gasteiger partial charge in [-0.05, 0) is 35.9 Å². The maximum Gasteiger partial charge on any atom is 0.156 e. The summed E-state index contributed by atoms with van der Waals surface area (Å²) in [4.78, 5) is 0. The number of rotatable bonds is 3. The van der Waals surface area contributed by atoms with Gasteiger partial charge in [-0.3, -0.25) is 0 Å². The van der Waals surface area contributed by atoms with Crippen LogP contribution in [-0.4, -0.2) is 20.2 Å². The fraction of sp³-hybridized carbons (Fsp3) is 0.364. The predicted molar refractivity (Wildman–Crippen MR) is 57.9 cm³/mol. The minimum absolute atomic E-state index is 0.904. The van der Waals surface area contributed by atoms with Crippen molar-refractivity contribution < 1.29 is 0 Å². The van der Waals surface area contributed by atoms with Crippen LogP contribution in [0, 0.1) is 6.92 Å². The fourth-order valence-corrected chi connectivity index (χ4v) is 1.47. The van der Waals surface area contributed by atoms with E-state index in [-0.39, 0.29) is 0 Å². The minimum Gasteiger partial charge on any atom is -0.197 e. The third kappa shape index (κ3) is 2.03. The van der Waals surface area contributed by atoms with Crippen molar-refractivity contribution in [3.8, 4) is 5.69 Å². The van der Waals surface area contributed by atoms with E-state index in [1.54, 1.807) is 4.68 Å². The number of aromatic nitrogens is 4. The van der Waals surface area contributed by atoms with Crippen molar-refractivity contribution >= 4 is 0 Å². The van der Waals surface area contributed by atoms with Crippen molar-refractivity contribution in [1.29, 1.82) is 0 Å². The van der Waals surface area contributed by atoms with Gasteiger partial charge in [0.15, 0.2) is 5.82 Å². The van der Waals surface area contributed by atoms with Crippen LogP contribution in [0.5, 0.6) is 0 Å². The molecule has 0 aliphatic carbocycles. The van der Waals surface area contributed by atoms with Crippen LogP contribution in [0.15, 0.2) is 24.3 Å². The van der Waals surface area contributed by atoms with Gasteiger partial charge in [-0.2, -0.15) is 4.68 Å². The summed E-state index contributed by atoms with van der Waals surface area (Å²) in [6, 6.07) is 8.19. The zero-order chi connectivity index (χ0) is 10.7. The Bertz CT molecular complexity index is 430. The van der Waals surface area contributed by atoms with Gasteiger partial charge in [0.2, 0.25) is 0 Å². The molecule has 0 radical (unpaired) electrons. The van der Waals surface area contributed by atoms with E-state index < -0.39 is 0 Å². The van der Waals surface area contributed by atoms with Gasteiger partial charge in [-0.1, -0.05) is 24.6 Å². The van der Waals surface area contributed by atoms with Crippen LogP contribution in [0.1, 0.15) is 24.7 Å². The zero-order valence-corrected chi connectivity index (χ0v) is 9.01. The summed E-state index contributed by atoms with van der Waals surface area (Å²) in [7, 11) is 0. The van der Waals surface area contributed by atoms with Crippen LogP contribution in [-0.2, 0) is 6.42 Å². The standard InChI is InChI=1S/C11H14N4/c1-3-4-11-12-13-14-15(11)10-7-5-9(2)6-8-10/h5-8H,3-4H2,1-2H3. The van der Waals surface area contributed by atoms with Gasteiger partial charge in [0.05, 0.1) is 5.69 Å². The molecule has 0 bridgehead atoms. The molecule has 1 heterocycles. The van der Waals surface area contributed by atoms with E-state index in [4.69, 9.17) is 0 Å². The number of hydrogen-bond acceptors (Lipinski definition) is 3. The first-order chi connectivity index (χ1) is 7.31. The zero-order valence-electron chi connectivity index (χ0n) is 9.01. The highest BCUT2D eigenvalue weighted by Gasteiger charge is 2.06. The first-order valence-electron chi connectivity index (χ1n) is 5.15. The molecular formula is C11H14N4. The molecule has 0 unspecified atom stereocenters. The third-order valence-electron chi connectivity index (χ3n) is 2.29. The van der Waals surface area contributed by atoms with Crippen LogP contribution < -0.4 is 0 Å². The Morgan fingerprint density at radius 1 is 1.20 bits per heavy atom. The van der Waals surface area contributed by atoms with Crippen molar-refractivity contribution in [3.05, 3.63) is 35.7 Å². The van der Waals surface area contributed by atoms with Gasteiger partial charge in [-0.25, -0.2) is 0 Å². The molecule has 0 fully saturated rings. The van der Waals surface area contributed by atoms with Crippen LogP contribution in [0.4, 0.5) is 0 Å². The number of tetrazole rings is 1. The molecule has 1 aromatic heterocycles. The molecule has 0 saturated heterocycles. The quantitative estimate of drug-likeness (QED) is 0.763. The molecule has 0 amide bonds.